The number of H-pyrrole nitrogens is 2. The van der Waals surface area contributed by atoms with E-state index in [0.29, 0.717) is 22.7 Å². The van der Waals surface area contributed by atoms with Gasteiger partial charge in [0.15, 0.2) is 10.6 Å². The van der Waals surface area contributed by atoms with Gasteiger partial charge in [0, 0.05) is 12.2 Å². The number of nitrogens with zero attached hydrogens (tertiary/aromatic N) is 2. The van der Waals surface area contributed by atoms with E-state index in [1.54, 1.807) is 0 Å². The normalized spacial score (nSPS) is 13.8. The van der Waals surface area contributed by atoms with Crippen LogP contribution < -0.4 is 5.56 Å². The molecule has 0 radical (unpaired) electrons. The number of aryl methyl sites for hydroxylation is 2. The Labute approximate surface area is 109 Å². The van der Waals surface area contributed by atoms with E-state index in [2.05, 4.69) is 15.2 Å². The van der Waals surface area contributed by atoms with Crippen molar-refractivity contribution < 1.29 is 0 Å². The van der Waals surface area contributed by atoms with E-state index in [-0.39, 0.29) is 5.56 Å². The summed E-state index contributed by atoms with van der Waals surface area (Å²) in [6, 6.07) is 1.96. The zero-order chi connectivity index (χ0) is 12.7. The van der Waals surface area contributed by atoms with E-state index >= 15 is 0 Å². The Morgan fingerprint density at radius 3 is 3.11 bits per heavy atom. The summed E-state index contributed by atoms with van der Waals surface area (Å²) in [6.45, 7) is 2.68. The molecule has 0 amide bonds. The van der Waals surface area contributed by atoms with E-state index in [4.69, 9.17) is 12.2 Å². The molecule has 0 atom stereocenters. The minimum atomic E-state index is -0.0839. The topological polar surface area (TPSA) is 66.5 Å². The number of aromatic nitrogens is 4. The first-order valence-electron chi connectivity index (χ1n) is 6.11. The molecule has 0 fully saturated rings. The minimum Gasteiger partial charge on any atom is -0.325 e. The maximum absolute atomic E-state index is 12.1. The molecular formula is C12H14N4OS. The molecule has 0 bridgehead atoms. The summed E-state index contributed by atoms with van der Waals surface area (Å²) in [5.41, 5.74) is 2.81. The second-order valence-electron chi connectivity index (χ2n) is 4.47. The van der Waals surface area contributed by atoms with Crippen LogP contribution in [0.5, 0.6) is 0 Å². The Morgan fingerprint density at radius 1 is 1.50 bits per heavy atom. The third-order valence-corrected chi connectivity index (χ3v) is 3.72. The molecule has 0 unspecified atom stereocenters. The van der Waals surface area contributed by atoms with Crippen LogP contribution in [0.25, 0.3) is 11.4 Å². The third kappa shape index (κ3) is 1.64. The van der Waals surface area contributed by atoms with Crippen molar-refractivity contribution in [2.75, 3.05) is 0 Å². The SMILES string of the molecule is CCn1c(-c2cc3c([nH]c2=O)CCC3)n[nH]c1=S. The first-order valence-corrected chi connectivity index (χ1v) is 6.52. The molecule has 2 heterocycles. The van der Waals surface area contributed by atoms with Gasteiger partial charge in [-0.2, -0.15) is 5.10 Å². The van der Waals surface area contributed by atoms with Crippen LogP contribution in [-0.4, -0.2) is 19.7 Å². The largest absolute Gasteiger partial charge is 0.325 e. The predicted octanol–water partition coefficient (Wildman–Crippen LogP) is 1.80. The number of pyridine rings is 1. The number of nitrogens with one attached hydrogen (secondary N) is 2. The van der Waals surface area contributed by atoms with Gasteiger partial charge < -0.3 is 9.55 Å². The summed E-state index contributed by atoms with van der Waals surface area (Å²) in [7, 11) is 0. The smallest absolute Gasteiger partial charge is 0.259 e. The lowest BCUT2D eigenvalue weighted by Crippen LogP contribution is -2.14. The van der Waals surface area contributed by atoms with Crippen molar-refractivity contribution in [3.63, 3.8) is 0 Å². The molecule has 0 saturated heterocycles. The molecule has 1 aliphatic carbocycles. The Bertz CT molecular complexity index is 710. The summed E-state index contributed by atoms with van der Waals surface area (Å²) in [5, 5.41) is 6.91. The van der Waals surface area contributed by atoms with Gasteiger partial charge in [-0.3, -0.25) is 9.89 Å². The summed E-state index contributed by atoms with van der Waals surface area (Å²) in [6.07, 6.45) is 3.09. The van der Waals surface area contributed by atoms with Crippen LogP contribution in [0.2, 0.25) is 0 Å². The van der Waals surface area contributed by atoms with E-state index in [1.165, 1.54) is 5.56 Å². The Balaban J connectivity index is 2.23. The van der Waals surface area contributed by atoms with E-state index in [0.717, 1.165) is 25.0 Å². The average molecular weight is 262 g/mol. The Kier molecular flexibility index (Phi) is 2.66. The molecule has 2 N–H and O–H groups in total. The van der Waals surface area contributed by atoms with Crippen LogP contribution in [0.3, 0.4) is 0 Å². The Hall–Kier alpha value is -1.69. The fraction of sp³-hybridized carbons (Fsp3) is 0.417. The molecule has 2 aromatic rings. The van der Waals surface area contributed by atoms with Crippen molar-refractivity contribution in [1.29, 1.82) is 0 Å². The molecule has 0 aliphatic heterocycles. The van der Waals surface area contributed by atoms with E-state index in [9.17, 15) is 4.79 Å². The van der Waals surface area contributed by atoms with E-state index in [1.807, 2.05) is 17.6 Å². The second-order valence-corrected chi connectivity index (χ2v) is 4.85. The lowest BCUT2D eigenvalue weighted by atomic mass is 10.1. The zero-order valence-electron chi connectivity index (χ0n) is 10.1. The first kappa shape index (κ1) is 11.4. The number of hydrogen-bond donors (Lipinski definition) is 2. The summed E-state index contributed by atoms with van der Waals surface area (Å²) < 4.78 is 2.38. The summed E-state index contributed by atoms with van der Waals surface area (Å²) in [5.74, 6) is 0.624. The molecule has 5 nitrogen and oxygen atoms in total. The predicted molar refractivity (Wildman–Crippen MR) is 71.2 cm³/mol. The van der Waals surface area contributed by atoms with Crippen molar-refractivity contribution in [2.24, 2.45) is 0 Å². The van der Waals surface area contributed by atoms with Gasteiger partial charge in [-0.05, 0) is 50.0 Å². The maximum Gasteiger partial charge on any atom is 0.259 e. The molecule has 0 aromatic carbocycles. The number of aromatic amines is 2. The fourth-order valence-corrected chi connectivity index (χ4v) is 2.76. The molecule has 6 heteroatoms. The van der Waals surface area contributed by atoms with Gasteiger partial charge in [-0.25, -0.2) is 0 Å². The van der Waals surface area contributed by atoms with Crippen LogP contribution in [0.15, 0.2) is 10.9 Å². The summed E-state index contributed by atoms with van der Waals surface area (Å²) in [4.78, 5) is 15.1. The van der Waals surface area contributed by atoms with Crippen LogP contribution in [-0.2, 0) is 19.4 Å². The molecule has 0 saturated carbocycles. The highest BCUT2D eigenvalue weighted by molar-refractivity contribution is 7.71. The number of hydrogen-bond acceptors (Lipinski definition) is 3. The highest BCUT2D eigenvalue weighted by Crippen LogP contribution is 2.22. The quantitative estimate of drug-likeness (QED) is 0.811. The molecule has 18 heavy (non-hydrogen) atoms. The molecule has 2 aromatic heterocycles. The highest BCUT2D eigenvalue weighted by Gasteiger charge is 2.17. The van der Waals surface area contributed by atoms with Crippen molar-refractivity contribution >= 4 is 12.2 Å². The lowest BCUT2D eigenvalue weighted by molar-refractivity contribution is 0.754. The number of rotatable bonds is 2. The molecule has 1 aliphatic rings. The summed E-state index contributed by atoms with van der Waals surface area (Å²) >= 11 is 5.15. The second kappa shape index (κ2) is 4.20. The van der Waals surface area contributed by atoms with Gasteiger partial charge in [-0.15, -0.1) is 0 Å². The highest BCUT2D eigenvalue weighted by atomic mass is 32.1. The molecular weight excluding hydrogens is 248 g/mol. The maximum atomic E-state index is 12.1. The van der Waals surface area contributed by atoms with E-state index < -0.39 is 0 Å². The van der Waals surface area contributed by atoms with Crippen molar-refractivity contribution in [3.05, 3.63) is 32.4 Å². The minimum absolute atomic E-state index is 0.0839. The molecule has 3 rings (SSSR count). The van der Waals surface area contributed by atoms with Crippen molar-refractivity contribution in [3.8, 4) is 11.4 Å². The van der Waals surface area contributed by atoms with Crippen LogP contribution in [0.1, 0.15) is 24.6 Å². The monoisotopic (exact) mass is 262 g/mol. The molecule has 94 valence electrons. The fourth-order valence-electron chi connectivity index (χ4n) is 2.50. The zero-order valence-corrected chi connectivity index (χ0v) is 10.9. The van der Waals surface area contributed by atoms with Gasteiger partial charge in [-0.1, -0.05) is 0 Å². The first-order chi connectivity index (χ1) is 8.70. The van der Waals surface area contributed by atoms with Crippen LogP contribution >= 0.6 is 12.2 Å². The van der Waals surface area contributed by atoms with Gasteiger partial charge in [0.1, 0.15) is 0 Å². The van der Waals surface area contributed by atoms with Crippen molar-refractivity contribution in [1.82, 2.24) is 19.7 Å². The Morgan fingerprint density at radius 2 is 2.33 bits per heavy atom. The van der Waals surface area contributed by atoms with Gasteiger partial charge in [0.2, 0.25) is 0 Å². The van der Waals surface area contributed by atoms with Crippen molar-refractivity contribution in [2.45, 2.75) is 32.7 Å². The number of fused-ring (bicyclic) bond motifs is 1. The average Bonchev–Trinajstić information content (AvgIpc) is 2.93. The lowest BCUT2D eigenvalue weighted by Gasteiger charge is -2.05. The van der Waals surface area contributed by atoms with Crippen LogP contribution in [0, 0.1) is 4.77 Å². The van der Waals surface area contributed by atoms with Gasteiger partial charge in [0.05, 0.1) is 5.56 Å². The van der Waals surface area contributed by atoms with Gasteiger partial charge in [0.25, 0.3) is 5.56 Å². The van der Waals surface area contributed by atoms with Crippen LogP contribution in [0.4, 0.5) is 0 Å². The van der Waals surface area contributed by atoms with Gasteiger partial charge >= 0.3 is 0 Å². The molecule has 0 spiro atoms. The standard InChI is InChI=1S/C12H14N4OS/c1-2-16-10(14-15-12(16)18)8-6-7-4-3-5-9(7)13-11(8)17/h6H,2-5H2,1H3,(H,13,17)(H,15,18). The third-order valence-electron chi connectivity index (χ3n) is 3.40.